The highest BCUT2D eigenvalue weighted by molar-refractivity contribution is 6.30. The predicted octanol–water partition coefficient (Wildman–Crippen LogP) is 3.51. The molecule has 3 aromatic rings. The first-order valence-corrected chi connectivity index (χ1v) is 7.77. The Morgan fingerprint density at radius 1 is 1.12 bits per heavy atom. The van der Waals surface area contributed by atoms with E-state index in [4.69, 9.17) is 11.6 Å². The molecule has 8 heteroatoms. The summed E-state index contributed by atoms with van der Waals surface area (Å²) < 4.78 is 26.0. The Morgan fingerprint density at radius 2 is 1.88 bits per heavy atom. The zero-order valence-corrected chi connectivity index (χ0v) is 13.6. The van der Waals surface area contributed by atoms with Crippen molar-refractivity contribution in [2.75, 3.05) is 5.32 Å². The van der Waals surface area contributed by atoms with Crippen molar-refractivity contribution in [1.29, 1.82) is 0 Å². The number of H-pyrrole nitrogens is 1. The number of hydrogen-bond donors (Lipinski definition) is 2. The van der Waals surface area contributed by atoms with E-state index in [1.54, 1.807) is 12.1 Å². The smallest absolute Gasteiger partial charge is 0.232 e. The van der Waals surface area contributed by atoms with Gasteiger partial charge in [-0.3, -0.25) is 9.89 Å². The third kappa shape index (κ3) is 4.60. The van der Waals surface area contributed by atoms with Crippen LogP contribution in [0.25, 0.3) is 0 Å². The van der Waals surface area contributed by atoms with E-state index >= 15 is 0 Å². The Hall–Kier alpha value is -2.80. The van der Waals surface area contributed by atoms with Gasteiger partial charge in [-0.15, -0.1) is 0 Å². The molecule has 3 rings (SSSR count). The molecule has 0 fully saturated rings. The van der Waals surface area contributed by atoms with Crippen LogP contribution in [0.3, 0.4) is 0 Å². The van der Waals surface area contributed by atoms with Gasteiger partial charge >= 0.3 is 0 Å². The number of halogens is 3. The Kier molecular flexibility index (Phi) is 5.04. The SMILES string of the molecule is O=C(Cc1n[nH]c(Cc2ccc(Cl)cc2)n1)Nc1ccc(F)c(F)c1. The molecule has 2 N–H and O–H groups in total. The number of amides is 1. The minimum atomic E-state index is -1.03. The number of aromatic amines is 1. The van der Waals surface area contributed by atoms with Gasteiger partial charge in [0, 0.05) is 23.2 Å². The summed E-state index contributed by atoms with van der Waals surface area (Å²) in [4.78, 5) is 16.2. The molecule has 0 aliphatic carbocycles. The Morgan fingerprint density at radius 3 is 2.60 bits per heavy atom. The minimum absolute atomic E-state index is 0.0872. The van der Waals surface area contributed by atoms with Gasteiger partial charge in [0.2, 0.25) is 5.91 Å². The molecule has 5 nitrogen and oxygen atoms in total. The van der Waals surface area contributed by atoms with E-state index in [0.717, 1.165) is 17.7 Å². The molecule has 0 saturated heterocycles. The van der Waals surface area contributed by atoms with Crippen LogP contribution in [0.5, 0.6) is 0 Å². The van der Waals surface area contributed by atoms with Crippen LogP contribution in [0.15, 0.2) is 42.5 Å². The second-order valence-electron chi connectivity index (χ2n) is 5.36. The van der Waals surface area contributed by atoms with Crippen LogP contribution >= 0.6 is 11.6 Å². The molecule has 0 aliphatic heterocycles. The maximum atomic E-state index is 13.1. The van der Waals surface area contributed by atoms with Gasteiger partial charge in [0.05, 0.1) is 6.42 Å². The largest absolute Gasteiger partial charge is 0.326 e. The molecule has 0 atom stereocenters. The zero-order valence-electron chi connectivity index (χ0n) is 12.9. The number of rotatable bonds is 5. The highest BCUT2D eigenvalue weighted by Gasteiger charge is 2.11. The second kappa shape index (κ2) is 7.40. The highest BCUT2D eigenvalue weighted by atomic mass is 35.5. The van der Waals surface area contributed by atoms with E-state index in [1.165, 1.54) is 6.07 Å². The third-order valence-electron chi connectivity index (χ3n) is 3.38. The predicted molar refractivity (Wildman–Crippen MR) is 89.3 cm³/mol. The normalized spacial score (nSPS) is 10.7. The topological polar surface area (TPSA) is 70.7 Å². The lowest BCUT2D eigenvalue weighted by Gasteiger charge is -2.03. The molecular formula is C17H13ClF2N4O. The lowest BCUT2D eigenvalue weighted by molar-refractivity contribution is -0.115. The number of aromatic nitrogens is 3. The van der Waals surface area contributed by atoms with Crippen molar-refractivity contribution in [2.24, 2.45) is 0 Å². The Bertz CT molecular complexity index is 896. The first-order chi connectivity index (χ1) is 12.0. The molecule has 0 spiro atoms. The van der Waals surface area contributed by atoms with E-state index in [1.807, 2.05) is 12.1 Å². The molecule has 2 aromatic carbocycles. The van der Waals surface area contributed by atoms with Crippen molar-refractivity contribution in [1.82, 2.24) is 15.2 Å². The number of nitrogens with zero attached hydrogens (tertiary/aromatic N) is 2. The number of benzene rings is 2. The van der Waals surface area contributed by atoms with Crippen LogP contribution in [0.1, 0.15) is 17.2 Å². The quantitative estimate of drug-likeness (QED) is 0.729. The highest BCUT2D eigenvalue weighted by Crippen LogP contribution is 2.14. The molecule has 0 bridgehead atoms. The molecule has 0 unspecified atom stereocenters. The number of nitrogens with one attached hydrogen (secondary N) is 2. The summed E-state index contributed by atoms with van der Waals surface area (Å²) in [6, 6.07) is 10.5. The third-order valence-corrected chi connectivity index (χ3v) is 3.64. The van der Waals surface area contributed by atoms with Gasteiger partial charge in [-0.1, -0.05) is 23.7 Å². The number of carbonyl (C=O) groups excluding carboxylic acids is 1. The maximum absolute atomic E-state index is 13.1. The van der Waals surface area contributed by atoms with Gasteiger partial charge in [-0.2, -0.15) is 5.10 Å². The molecular weight excluding hydrogens is 350 g/mol. The molecule has 1 amide bonds. The molecule has 25 heavy (non-hydrogen) atoms. The summed E-state index contributed by atoms with van der Waals surface area (Å²) in [6.07, 6.45) is 0.436. The fraction of sp³-hybridized carbons (Fsp3) is 0.118. The summed E-state index contributed by atoms with van der Waals surface area (Å²) in [6.45, 7) is 0. The van der Waals surface area contributed by atoms with E-state index in [-0.39, 0.29) is 12.1 Å². The van der Waals surface area contributed by atoms with E-state index in [2.05, 4.69) is 20.5 Å². The van der Waals surface area contributed by atoms with Crippen molar-refractivity contribution in [2.45, 2.75) is 12.8 Å². The average molecular weight is 363 g/mol. The van der Waals surface area contributed by atoms with E-state index in [0.29, 0.717) is 23.1 Å². The summed E-state index contributed by atoms with van der Waals surface area (Å²) in [5.41, 5.74) is 1.17. The standard InChI is InChI=1S/C17H13ClF2N4O/c18-11-3-1-10(2-4-11)7-15-22-16(24-23-15)9-17(25)21-12-5-6-13(19)14(20)8-12/h1-6,8H,7,9H2,(H,21,25)(H,22,23,24). The van der Waals surface area contributed by atoms with Crippen molar-refractivity contribution >= 4 is 23.2 Å². The fourth-order valence-corrected chi connectivity index (χ4v) is 2.34. The van der Waals surface area contributed by atoms with Gasteiger partial charge in [-0.05, 0) is 29.8 Å². The maximum Gasteiger partial charge on any atom is 0.232 e. The molecule has 1 aromatic heterocycles. The first-order valence-electron chi connectivity index (χ1n) is 7.39. The van der Waals surface area contributed by atoms with Crippen LogP contribution in [0.4, 0.5) is 14.5 Å². The molecule has 0 aliphatic rings. The first kappa shape index (κ1) is 17.0. The zero-order chi connectivity index (χ0) is 17.8. The lowest BCUT2D eigenvalue weighted by Crippen LogP contribution is -2.15. The second-order valence-corrected chi connectivity index (χ2v) is 5.79. The minimum Gasteiger partial charge on any atom is -0.326 e. The van der Waals surface area contributed by atoms with Gasteiger partial charge in [0.15, 0.2) is 17.5 Å². The van der Waals surface area contributed by atoms with Crippen molar-refractivity contribution in [3.05, 3.63) is 76.3 Å². The van der Waals surface area contributed by atoms with Crippen molar-refractivity contribution < 1.29 is 13.6 Å². The average Bonchev–Trinajstić information content (AvgIpc) is 3.00. The Balaban J connectivity index is 1.59. The number of anilines is 1. The van der Waals surface area contributed by atoms with E-state index < -0.39 is 17.5 Å². The molecule has 0 radical (unpaired) electrons. The van der Waals surface area contributed by atoms with Gasteiger partial charge in [0.25, 0.3) is 0 Å². The van der Waals surface area contributed by atoms with Crippen LogP contribution in [-0.2, 0) is 17.6 Å². The summed E-state index contributed by atoms with van der Waals surface area (Å²) >= 11 is 5.84. The molecule has 128 valence electrons. The Labute approximate surface area is 147 Å². The fourth-order valence-electron chi connectivity index (χ4n) is 2.21. The van der Waals surface area contributed by atoms with Crippen LogP contribution in [-0.4, -0.2) is 21.1 Å². The van der Waals surface area contributed by atoms with Crippen LogP contribution in [0.2, 0.25) is 5.02 Å². The summed E-state index contributed by atoms with van der Waals surface area (Å²) in [5.74, 6) is -1.51. The monoisotopic (exact) mass is 362 g/mol. The molecule has 1 heterocycles. The summed E-state index contributed by atoms with van der Waals surface area (Å²) in [7, 11) is 0. The van der Waals surface area contributed by atoms with Crippen molar-refractivity contribution in [3.8, 4) is 0 Å². The van der Waals surface area contributed by atoms with E-state index in [9.17, 15) is 13.6 Å². The summed E-state index contributed by atoms with van der Waals surface area (Å²) in [5, 5.41) is 9.88. The molecule has 0 saturated carbocycles. The van der Waals surface area contributed by atoms with Gasteiger partial charge in [0.1, 0.15) is 5.82 Å². The van der Waals surface area contributed by atoms with Crippen LogP contribution < -0.4 is 5.32 Å². The lowest BCUT2D eigenvalue weighted by atomic mass is 10.1. The number of hydrogen-bond acceptors (Lipinski definition) is 3. The van der Waals surface area contributed by atoms with Crippen molar-refractivity contribution in [3.63, 3.8) is 0 Å². The van der Waals surface area contributed by atoms with Gasteiger partial charge in [-0.25, -0.2) is 13.8 Å². The van der Waals surface area contributed by atoms with Gasteiger partial charge < -0.3 is 5.32 Å². The van der Waals surface area contributed by atoms with Crippen LogP contribution in [0, 0.1) is 11.6 Å². The number of carbonyl (C=O) groups is 1.